The van der Waals surface area contributed by atoms with Gasteiger partial charge in [-0.2, -0.15) is 0 Å². The molecule has 0 aliphatic carbocycles. The van der Waals surface area contributed by atoms with Gasteiger partial charge in [-0.1, -0.05) is 0 Å². The zero-order chi connectivity index (χ0) is 18.8. The summed E-state index contributed by atoms with van der Waals surface area (Å²) in [4.78, 5) is 40.4. The van der Waals surface area contributed by atoms with Crippen molar-refractivity contribution in [2.75, 3.05) is 31.5 Å². The smallest absolute Gasteiger partial charge is 0.289 e. The Hall–Kier alpha value is -3.09. The molecule has 0 atom stereocenters. The summed E-state index contributed by atoms with van der Waals surface area (Å²) >= 11 is 0. The van der Waals surface area contributed by atoms with Crippen LogP contribution in [-0.2, 0) is 11.2 Å². The third kappa shape index (κ3) is 3.58. The van der Waals surface area contributed by atoms with Crippen LogP contribution in [0.25, 0.3) is 0 Å². The summed E-state index contributed by atoms with van der Waals surface area (Å²) in [6, 6.07) is 8.77. The van der Waals surface area contributed by atoms with Gasteiger partial charge in [0.25, 0.3) is 11.8 Å². The number of furan rings is 1. The number of carbonyl (C=O) groups excluding carboxylic acids is 3. The van der Waals surface area contributed by atoms with Crippen LogP contribution >= 0.6 is 0 Å². The summed E-state index contributed by atoms with van der Waals surface area (Å²) in [6.45, 7) is 2.17. The number of hydrogen-bond donors (Lipinski definition) is 1. The van der Waals surface area contributed by atoms with Crippen LogP contribution in [0.2, 0.25) is 0 Å². The Labute approximate surface area is 156 Å². The Morgan fingerprint density at radius 2 is 1.74 bits per heavy atom. The van der Waals surface area contributed by atoms with Gasteiger partial charge in [-0.05, 0) is 48.7 Å². The molecular formula is C20H21N3O4. The summed E-state index contributed by atoms with van der Waals surface area (Å²) in [5.41, 5.74) is 2.40. The van der Waals surface area contributed by atoms with Gasteiger partial charge in [0.05, 0.1) is 6.26 Å². The lowest BCUT2D eigenvalue weighted by atomic mass is 10.00. The van der Waals surface area contributed by atoms with Crippen LogP contribution in [0.5, 0.6) is 0 Å². The lowest BCUT2D eigenvalue weighted by Crippen LogP contribution is -2.37. The van der Waals surface area contributed by atoms with E-state index >= 15 is 0 Å². The van der Waals surface area contributed by atoms with Crippen LogP contribution < -0.4 is 5.32 Å². The van der Waals surface area contributed by atoms with Gasteiger partial charge >= 0.3 is 0 Å². The topological polar surface area (TPSA) is 82.9 Å². The van der Waals surface area contributed by atoms with Gasteiger partial charge in [-0.25, -0.2) is 0 Å². The van der Waals surface area contributed by atoms with Gasteiger partial charge in [0.15, 0.2) is 5.76 Å². The van der Waals surface area contributed by atoms with Crippen LogP contribution in [0, 0.1) is 0 Å². The fourth-order valence-electron chi connectivity index (χ4n) is 3.58. The van der Waals surface area contributed by atoms with Crippen molar-refractivity contribution in [2.45, 2.75) is 19.3 Å². The molecule has 3 amide bonds. The minimum Gasteiger partial charge on any atom is -0.459 e. The molecule has 1 saturated heterocycles. The summed E-state index contributed by atoms with van der Waals surface area (Å²) in [5.74, 6) is 0.155. The Balaban J connectivity index is 1.44. The largest absolute Gasteiger partial charge is 0.459 e. The van der Waals surface area contributed by atoms with E-state index in [9.17, 15) is 14.4 Å². The highest BCUT2D eigenvalue weighted by atomic mass is 16.3. The molecule has 0 spiro atoms. The zero-order valence-electron chi connectivity index (χ0n) is 14.9. The number of hydrogen-bond acceptors (Lipinski definition) is 4. The van der Waals surface area contributed by atoms with Gasteiger partial charge < -0.3 is 19.5 Å². The molecule has 2 aliphatic heterocycles. The summed E-state index contributed by atoms with van der Waals surface area (Å²) in [7, 11) is 0. The van der Waals surface area contributed by atoms with Crippen molar-refractivity contribution in [1.82, 2.24) is 9.80 Å². The number of rotatable bonds is 2. The van der Waals surface area contributed by atoms with Crippen molar-refractivity contribution in [3.63, 3.8) is 0 Å². The molecule has 1 aromatic carbocycles. The molecule has 2 aromatic rings. The summed E-state index contributed by atoms with van der Waals surface area (Å²) < 4.78 is 5.19. The van der Waals surface area contributed by atoms with E-state index in [1.807, 2.05) is 6.07 Å². The molecule has 3 heterocycles. The maximum Gasteiger partial charge on any atom is 0.289 e. The number of fused-ring (bicyclic) bond motifs is 1. The van der Waals surface area contributed by atoms with E-state index in [1.54, 1.807) is 34.1 Å². The monoisotopic (exact) mass is 367 g/mol. The number of aryl methyl sites for hydroxylation is 1. The van der Waals surface area contributed by atoms with E-state index in [-0.39, 0.29) is 17.7 Å². The molecule has 1 N–H and O–H groups in total. The average Bonchev–Trinajstić information content (AvgIpc) is 3.11. The molecule has 0 bridgehead atoms. The van der Waals surface area contributed by atoms with Crippen LogP contribution in [0.1, 0.15) is 39.3 Å². The van der Waals surface area contributed by atoms with Crippen molar-refractivity contribution >= 4 is 23.4 Å². The van der Waals surface area contributed by atoms with E-state index in [0.29, 0.717) is 50.3 Å². The highest BCUT2D eigenvalue weighted by Gasteiger charge is 2.25. The van der Waals surface area contributed by atoms with E-state index in [4.69, 9.17) is 4.42 Å². The Morgan fingerprint density at radius 3 is 2.48 bits per heavy atom. The SMILES string of the molecule is O=C1CCc2cc(C(=O)N3CCCN(C(=O)c4ccco4)CC3)ccc2N1. The summed E-state index contributed by atoms with van der Waals surface area (Å²) in [6.07, 6.45) is 3.30. The molecule has 4 rings (SSSR count). The third-order valence-electron chi connectivity index (χ3n) is 5.05. The van der Waals surface area contributed by atoms with Gasteiger partial charge in [0, 0.05) is 43.9 Å². The summed E-state index contributed by atoms with van der Waals surface area (Å²) in [5, 5.41) is 2.83. The van der Waals surface area contributed by atoms with Crippen LogP contribution in [0.3, 0.4) is 0 Å². The average molecular weight is 367 g/mol. The maximum atomic E-state index is 12.9. The lowest BCUT2D eigenvalue weighted by Gasteiger charge is -2.23. The predicted molar refractivity (Wildman–Crippen MR) is 98.5 cm³/mol. The third-order valence-corrected chi connectivity index (χ3v) is 5.05. The van der Waals surface area contributed by atoms with E-state index in [1.165, 1.54) is 6.26 Å². The van der Waals surface area contributed by atoms with Gasteiger partial charge in [-0.15, -0.1) is 0 Å². The molecule has 1 fully saturated rings. The first-order valence-electron chi connectivity index (χ1n) is 9.16. The van der Waals surface area contributed by atoms with Gasteiger partial charge in [-0.3, -0.25) is 14.4 Å². The fraction of sp³-hybridized carbons (Fsp3) is 0.350. The lowest BCUT2D eigenvalue weighted by molar-refractivity contribution is -0.116. The fourth-order valence-corrected chi connectivity index (χ4v) is 3.58. The number of anilines is 1. The zero-order valence-corrected chi connectivity index (χ0v) is 14.9. The first-order chi connectivity index (χ1) is 13.1. The molecule has 1 aromatic heterocycles. The second kappa shape index (κ2) is 7.26. The molecule has 2 aliphatic rings. The Bertz CT molecular complexity index is 875. The van der Waals surface area contributed by atoms with Crippen molar-refractivity contribution in [3.05, 3.63) is 53.5 Å². The van der Waals surface area contributed by atoms with E-state index in [0.717, 1.165) is 17.7 Å². The first-order valence-corrected chi connectivity index (χ1v) is 9.16. The Morgan fingerprint density at radius 1 is 0.963 bits per heavy atom. The highest BCUT2D eigenvalue weighted by molar-refractivity contribution is 5.98. The van der Waals surface area contributed by atoms with Crippen molar-refractivity contribution in [1.29, 1.82) is 0 Å². The van der Waals surface area contributed by atoms with E-state index in [2.05, 4.69) is 5.32 Å². The molecule has 0 unspecified atom stereocenters. The second-order valence-corrected chi connectivity index (χ2v) is 6.84. The minimum absolute atomic E-state index is 0.00964. The Kier molecular flexibility index (Phi) is 4.66. The number of benzene rings is 1. The number of carbonyl (C=O) groups is 3. The van der Waals surface area contributed by atoms with Crippen molar-refractivity contribution in [3.8, 4) is 0 Å². The normalized spacial score (nSPS) is 17.1. The minimum atomic E-state index is -0.140. The quantitative estimate of drug-likeness (QED) is 0.882. The number of nitrogens with zero attached hydrogens (tertiary/aromatic N) is 2. The molecule has 0 saturated carbocycles. The maximum absolute atomic E-state index is 12.9. The van der Waals surface area contributed by atoms with E-state index < -0.39 is 0 Å². The number of nitrogens with one attached hydrogen (secondary N) is 1. The van der Waals surface area contributed by atoms with Gasteiger partial charge in [0.1, 0.15) is 0 Å². The molecule has 7 nitrogen and oxygen atoms in total. The predicted octanol–water partition coefficient (Wildman–Crippen LogP) is 2.15. The van der Waals surface area contributed by atoms with Crippen LogP contribution in [-0.4, -0.2) is 53.7 Å². The molecule has 27 heavy (non-hydrogen) atoms. The molecular weight excluding hydrogens is 346 g/mol. The first kappa shape index (κ1) is 17.3. The van der Waals surface area contributed by atoms with Crippen LogP contribution in [0.4, 0.5) is 5.69 Å². The van der Waals surface area contributed by atoms with Gasteiger partial charge in [0.2, 0.25) is 5.91 Å². The molecule has 0 radical (unpaired) electrons. The van der Waals surface area contributed by atoms with Crippen LogP contribution in [0.15, 0.2) is 41.0 Å². The number of amides is 3. The second-order valence-electron chi connectivity index (χ2n) is 6.84. The molecule has 140 valence electrons. The molecule has 7 heteroatoms. The standard InChI is InChI=1S/C20H21N3O4/c24-18-7-5-14-13-15(4-6-16(14)21-18)19(25)22-8-2-9-23(11-10-22)20(26)17-3-1-12-27-17/h1,3-4,6,12-13H,2,5,7-11H2,(H,21,24). The van der Waals surface area contributed by atoms with Crippen molar-refractivity contribution < 1.29 is 18.8 Å². The highest BCUT2D eigenvalue weighted by Crippen LogP contribution is 2.24. The van der Waals surface area contributed by atoms with Crippen molar-refractivity contribution in [2.24, 2.45) is 0 Å².